The summed E-state index contributed by atoms with van der Waals surface area (Å²) in [6.45, 7) is 5.72. The van der Waals surface area contributed by atoms with Gasteiger partial charge in [0.1, 0.15) is 5.60 Å². The highest BCUT2D eigenvalue weighted by atomic mass is 16.6. The summed E-state index contributed by atoms with van der Waals surface area (Å²) < 4.78 is 5.37. The summed E-state index contributed by atoms with van der Waals surface area (Å²) in [7, 11) is 0. The van der Waals surface area contributed by atoms with Gasteiger partial charge in [-0.25, -0.2) is 0 Å². The van der Waals surface area contributed by atoms with Crippen molar-refractivity contribution in [1.29, 1.82) is 0 Å². The van der Waals surface area contributed by atoms with E-state index < -0.39 is 0 Å². The summed E-state index contributed by atoms with van der Waals surface area (Å²) in [4.78, 5) is 11.8. The molecule has 0 amide bonds. The Morgan fingerprint density at radius 2 is 1.76 bits per heavy atom. The first kappa shape index (κ1) is 14.5. The zero-order valence-electron chi connectivity index (χ0n) is 11.5. The van der Waals surface area contributed by atoms with Crippen LogP contribution in [0.2, 0.25) is 0 Å². The Hall–Kier alpha value is -0.570. The van der Waals surface area contributed by atoms with Crippen molar-refractivity contribution in [2.24, 2.45) is 11.7 Å². The van der Waals surface area contributed by atoms with Crippen molar-refractivity contribution in [3.63, 3.8) is 0 Å². The van der Waals surface area contributed by atoms with Crippen molar-refractivity contribution in [1.82, 2.24) is 0 Å². The first-order valence-electron chi connectivity index (χ1n) is 6.86. The topological polar surface area (TPSA) is 52.3 Å². The number of rotatable bonds is 2. The van der Waals surface area contributed by atoms with Gasteiger partial charge < -0.3 is 10.5 Å². The summed E-state index contributed by atoms with van der Waals surface area (Å²) in [6, 6.07) is 0.169. The van der Waals surface area contributed by atoms with E-state index in [2.05, 4.69) is 0 Å². The van der Waals surface area contributed by atoms with Crippen molar-refractivity contribution in [3.8, 4) is 0 Å². The molecule has 0 spiro atoms. The molecule has 0 aliphatic heterocycles. The largest absolute Gasteiger partial charge is 0.460 e. The van der Waals surface area contributed by atoms with E-state index >= 15 is 0 Å². The van der Waals surface area contributed by atoms with Crippen molar-refractivity contribution in [3.05, 3.63) is 0 Å². The van der Waals surface area contributed by atoms with Crippen LogP contribution in [0, 0.1) is 5.92 Å². The van der Waals surface area contributed by atoms with Gasteiger partial charge in [-0.3, -0.25) is 4.79 Å². The minimum atomic E-state index is -0.386. The van der Waals surface area contributed by atoms with Crippen LogP contribution in [0.5, 0.6) is 0 Å². The third-order valence-electron chi connectivity index (χ3n) is 3.32. The molecule has 1 aliphatic rings. The van der Waals surface area contributed by atoms with Crippen LogP contribution in [0.1, 0.15) is 65.7 Å². The fourth-order valence-electron chi connectivity index (χ4n) is 2.44. The van der Waals surface area contributed by atoms with Crippen molar-refractivity contribution in [2.75, 3.05) is 0 Å². The highest BCUT2D eigenvalue weighted by molar-refractivity contribution is 5.70. The number of hydrogen-bond donors (Lipinski definition) is 1. The molecule has 0 saturated heterocycles. The number of carbonyl (C=O) groups excluding carboxylic acids is 1. The molecule has 1 saturated carbocycles. The minimum Gasteiger partial charge on any atom is -0.460 e. The normalized spacial score (nSPS) is 27.1. The molecular weight excluding hydrogens is 214 g/mol. The van der Waals surface area contributed by atoms with E-state index in [1.54, 1.807) is 0 Å². The van der Waals surface area contributed by atoms with Crippen LogP contribution in [-0.2, 0) is 9.53 Å². The Bertz CT molecular complexity index is 245. The first-order valence-corrected chi connectivity index (χ1v) is 6.86. The molecule has 0 heterocycles. The quantitative estimate of drug-likeness (QED) is 0.756. The average molecular weight is 241 g/mol. The summed E-state index contributed by atoms with van der Waals surface area (Å²) in [6.07, 6.45) is 7.56. The maximum Gasteiger partial charge on any atom is 0.306 e. The lowest BCUT2D eigenvalue weighted by molar-refractivity contribution is -0.156. The third-order valence-corrected chi connectivity index (χ3v) is 3.32. The molecule has 3 heteroatoms. The molecule has 0 radical (unpaired) electrons. The zero-order valence-corrected chi connectivity index (χ0v) is 11.5. The molecule has 0 aromatic rings. The van der Waals surface area contributed by atoms with Crippen molar-refractivity contribution < 1.29 is 9.53 Å². The second kappa shape index (κ2) is 6.39. The number of nitrogens with two attached hydrogens (primary N) is 1. The Morgan fingerprint density at radius 3 is 2.35 bits per heavy atom. The molecule has 3 nitrogen and oxygen atoms in total. The molecule has 1 aliphatic carbocycles. The van der Waals surface area contributed by atoms with Gasteiger partial charge in [-0.2, -0.15) is 0 Å². The Labute approximate surface area is 105 Å². The van der Waals surface area contributed by atoms with E-state index in [0.717, 1.165) is 12.8 Å². The van der Waals surface area contributed by atoms with E-state index in [-0.39, 0.29) is 17.6 Å². The number of carbonyl (C=O) groups is 1. The molecule has 1 fully saturated rings. The van der Waals surface area contributed by atoms with Gasteiger partial charge in [-0.1, -0.05) is 25.7 Å². The number of esters is 1. The predicted octanol–water partition coefficient (Wildman–Crippen LogP) is 3.02. The highest BCUT2D eigenvalue weighted by Gasteiger charge is 2.25. The van der Waals surface area contributed by atoms with Gasteiger partial charge in [0.15, 0.2) is 0 Å². The molecule has 0 aromatic heterocycles. The minimum absolute atomic E-state index is 0.0986. The molecule has 0 aromatic carbocycles. The molecule has 1 rings (SSSR count). The van der Waals surface area contributed by atoms with E-state index in [0.29, 0.717) is 12.3 Å². The highest BCUT2D eigenvalue weighted by Crippen LogP contribution is 2.25. The summed E-state index contributed by atoms with van der Waals surface area (Å²) in [5, 5.41) is 0. The van der Waals surface area contributed by atoms with E-state index in [1.807, 2.05) is 20.8 Å². The predicted molar refractivity (Wildman–Crippen MR) is 69.6 cm³/mol. The SMILES string of the molecule is CC(C)(C)OC(=O)CC1CCCCCCC1N. The van der Waals surface area contributed by atoms with Gasteiger partial charge >= 0.3 is 5.97 Å². The fraction of sp³-hybridized carbons (Fsp3) is 0.929. The zero-order chi connectivity index (χ0) is 12.9. The second-order valence-corrected chi connectivity index (χ2v) is 6.21. The molecule has 0 bridgehead atoms. The summed E-state index contributed by atoms with van der Waals surface area (Å²) in [5.41, 5.74) is 5.77. The van der Waals surface area contributed by atoms with Crippen LogP contribution in [0.3, 0.4) is 0 Å². The van der Waals surface area contributed by atoms with Gasteiger partial charge in [-0.05, 0) is 39.5 Å². The van der Waals surface area contributed by atoms with Crippen LogP contribution in [0.4, 0.5) is 0 Å². The first-order chi connectivity index (χ1) is 7.88. The smallest absolute Gasteiger partial charge is 0.306 e. The van der Waals surface area contributed by atoms with Gasteiger partial charge in [0, 0.05) is 12.5 Å². The molecule has 100 valence electrons. The monoisotopic (exact) mass is 241 g/mol. The van der Waals surface area contributed by atoms with Crippen molar-refractivity contribution in [2.45, 2.75) is 77.4 Å². The molecular formula is C14H27NO2. The molecule has 2 atom stereocenters. The Morgan fingerprint density at radius 1 is 1.18 bits per heavy atom. The van der Waals surface area contributed by atoms with Crippen LogP contribution < -0.4 is 5.73 Å². The van der Waals surface area contributed by atoms with E-state index in [4.69, 9.17) is 10.5 Å². The maximum absolute atomic E-state index is 11.8. The molecule has 17 heavy (non-hydrogen) atoms. The average Bonchev–Trinajstić information content (AvgIpc) is 2.15. The van der Waals surface area contributed by atoms with Crippen LogP contribution in [0.15, 0.2) is 0 Å². The Balaban J connectivity index is 2.43. The summed E-state index contributed by atoms with van der Waals surface area (Å²) >= 11 is 0. The van der Waals surface area contributed by atoms with Crippen LogP contribution in [0.25, 0.3) is 0 Å². The number of ether oxygens (including phenoxy) is 1. The lowest BCUT2D eigenvalue weighted by Gasteiger charge is -2.27. The van der Waals surface area contributed by atoms with Gasteiger partial charge in [0.05, 0.1) is 0 Å². The van der Waals surface area contributed by atoms with Gasteiger partial charge in [0.25, 0.3) is 0 Å². The summed E-state index contributed by atoms with van der Waals surface area (Å²) in [5.74, 6) is 0.212. The van der Waals surface area contributed by atoms with Crippen molar-refractivity contribution >= 4 is 5.97 Å². The van der Waals surface area contributed by atoms with Crippen LogP contribution in [-0.4, -0.2) is 17.6 Å². The third kappa shape index (κ3) is 6.06. The fourth-order valence-corrected chi connectivity index (χ4v) is 2.44. The molecule has 2 N–H and O–H groups in total. The van der Waals surface area contributed by atoms with E-state index in [1.165, 1.54) is 25.7 Å². The van der Waals surface area contributed by atoms with Crippen LogP contribution >= 0.6 is 0 Å². The Kier molecular flexibility index (Phi) is 5.44. The van der Waals surface area contributed by atoms with Gasteiger partial charge in [0.2, 0.25) is 0 Å². The maximum atomic E-state index is 11.8. The standard InChI is InChI=1S/C14H27NO2/c1-14(2,3)17-13(16)10-11-8-6-4-5-7-9-12(11)15/h11-12H,4-10,15H2,1-3H3. The lowest BCUT2D eigenvalue weighted by Crippen LogP contribution is -2.34. The lowest BCUT2D eigenvalue weighted by atomic mass is 9.85. The number of hydrogen-bond acceptors (Lipinski definition) is 3. The molecule has 2 unspecified atom stereocenters. The van der Waals surface area contributed by atoms with E-state index in [9.17, 15) is 4.79 Å². The van der Waals surface area contributed by atoms with Gasteiger partial charge in [-0.15, -0.1) is 0 Å². The second-order valence-electron chi connectivity index (χ2n) is 6.21.